The Balaban J connectivity index is 2.29. The summed E-state index contributed by atoms with van der Waals surface area (Å²) in [6.07, 6.45) is 2.35. The van der Waals surface area contributed by atoms with Crippen LogP contribution >= 0.6 is 0 Å². The Bertz CT molecular complexity index is 153. The van der Waals surface area contributed by atoms with Crippen LogP contribution in [0.1, 0.15) is 12.8 Å². The fourth-order valence-electron chi connectivity index (χ4n) is 0.944. The van der Waals surface area contributed by atoms with Gasteiger partial charge in [0.25, 0.3) is 0 Å². The molecule has 0 aromatic rings. The maximum atomic E-state index is 11.0. The molecule has 0 spiro atoms. The van der Waals surface area contributed by atoms with Gasteiger partial charge in [-0.3, -0.25) is 4.79 Å². The number of rotatable bonds is 3. The minimum atomic E-state index is -0.637. The maximum Gasteiger partial charge on any atom is 0.218 e. The summed E-state index contributed by atoms with van der Waals surface area (Å²) in [5, 5.41) is 0. The van der Waals surface area contributed by atoms with Crippen molar-refractivity contribution in [2.45, 2.75) is 19.1 Å². The van der Waals surface area contributed by atoms with E-state index < -0.39 is 6.29 Å². The summed E-state index contributed by atoms with van der Waals surface area (Å²) < 4.78 is 10.1. The average Bonchev–Trinajstić information content (AvgIpc) is 2.03. The lowest BCUT2D eigenvalue weighted by Gasteiger charge is -2.20. The smallest absolute Gasteiger partial charge is 0.218 e. The first-order valence-corrected chi connectivity index (χ1v) is 3.71. The van der Waals surface area contributed by atoms with Crippen LogP contribution in [-0.2, 0) is 14.3 Å². The van der Waals surface area contributed by atoms with Crippen LogP contribution in [0.25, 0.3) is 0 Å². The molecule has 0 aromatic heterocycles. The lowest BCUT2D eigenvalue weighted by molar-refractivity contribution is -0.176. The van der Waals surface area contributed by atoms with E-state index in [4.69, 9.17) is 9.47 Å². The Morgan fingerprint density at radius 3 is 3.27 bits per heavy atom. The molecule has 0 radical (unpaired) electrons. The van der Waals surface area contributed by atoms with Gasteiger partial charge in [-0.15, -0.1) is 6.58 Å². The third-order valence-electron chi connectivity index (χ3n) is 1.47. The van der Waals surface area contributed by atoms with Crippen molar-refractivity contribution >= 4 is 5.78 Å². The molecule has 11 heavy (non-hydrogen) atoms. The van der Waals surface area contributed by atoms with Crippen LogP contribution in [0.4, 0.5) is 0 Å². The lowest BCUT2D eigenvalue weighted by atomic mass is 10.2. The number of carbonyl (C=O) groups is 1. The van der Waals surface area contributed by atoms with Gasteiger partial charge in [0.05, 0.1) is 13.2 Å². The highest BCUT2D eigenvalue weighted by Gasteiger charge is 2.22. The lowest BCUT2D eigenvalue weighted by Crippen LogP contribution is -2.32. The van der Waals surface area contributed by atoms with Crippen molar-refractivity contribution in [3.05, 3.63) is 12.7 Å². The summed E-state index contributed by atoms with van der Waals surface area (Å²) in [6, 6.07) is 0. The third kappa shape index (κ3) is 2.44. The monoisotopic (exact) mass is 156 g/mol. The Kier molecular flexibility index (Phi) is 3.26. The number of ketones is 1. The zero-order chi connectivity index (χ0) is 8.10. The van der Waals surface area contributed by atoms with E-state index in [2.05, 4.69) is 6.58 Å². The molecule has 1 atom stereocenters. The van der Waals surface area contributed by atoms with Gasteiger partial charge in [0.1, 0.15) is 0 Å². The Morgan fingerprint density at radius 1 is 1.82 bits per heavy atom. The molecule has 1 aliphatic heterocycles. The SMILES string of the molecule is C=CCOC1OCCCC1=O. The molecule has 3 heteroatoms. The highest BCUT2D eigenvalue weighted by atomic mass is 16.7. The van der Waals surface area contributed by atoms with Gasteiger partial charge in [0.2, 0.25) is 6.29 Å². The van der Waals surface area contributed by atoms with E-state index in [9.17, 15) is 4.79 Å². The fourth-order valence-corrected chi connectivity index (χ4v) is 0.944. The van der Waals surface area contributed by atoms with Gasteiger partial charge in [-0.05, 0) is 6.42 Å². The molecular formula is C8H12O3. The quantitative estimate of drug-likeness (QED) is 0.569. The number of ether oxygens (including phenoxy) is 2. The molecule has 1 saturated heterocycles. The molecule has 0 aliphatic carbocycles. The number of hydrogen-bond donors (Lipinski definition) is 0. The van der Waals surface area contributed by atoms with E-state index in [0.717, 1.165) is 6.42 Å². The molecule has 1 fully saturated rings. The Morgan fingerprint density at radius 2 is 2.64 bits per heavy atom. The van der Waals surface area contributed by atoms with Crippen LogP contribution in [0.5, 0.6) is 0 Å². The van der Waals surface area contributed by atoms with Gasteiger partial charge in [-0.2, -0.15) is 0 Å². The summed E-state index contributed by atoms with van der Waals surface area (Å²) in [5.41, 5.74) is 0. The Hall–Kier alpha value is -0.670. The number of carbonyl (C=O) groups excluding carboxylic acids is 1. The molecule has 1 rings (SSSR count). The number of hydrogen-bond acceptors (Lipinski definition) is 3. The van der Waals surface area contributed by atoms with Gasteiger partial charge in [0.15, 0.2) is 5.78 Å². The Labute approximate surface area is 66.0 Å². The molecular weight excluding hydrogens is 144 g/mol. The molecule has 62 valence electrons. The molecule has 3 nitrogen and oxygen atoms in total. The van der Waals surface area contributed by atoms with Crippen LogP contribution in [0.2, 0.25) is 0 Å². The largest absolute Gasteiger partial charge is 0.346 e. The second-order valence-electron chi connectivity index (χ2n) is 2.39. The van der Waals surface area contributed by atoms with Crippen molar-refractivity contribution in [2.75, 3.05) is 13.2 Å². The third-order valence-corrected chi connectivity index (χ3v) is 1.47. The minimum absolute atomic E-state index is 0.0399. The second kappa shape index (κ2) is 4.26. The molecule has 0 bridgehead atoms. The zero-order valence-corrected chi connectivity index (χ0v) is 6.41. The van der Waals surface area contributed by atoms with Crippen molar-refractivity contribution in [1.82, 2.24) is 0 Å². The predicted molar refractivity (Wildman–Crippen MR) is 40.1 cm³/mol. The number of Topliss-reactive ketones (excluding diaryl/α,β-unsaturated/α-hetero) is 1. The van der Waals surface area contributed by atoms with E-state index in [-0.39, 0.29) is 5.78 Å². The summed E-state index contributed by atoms with van der Waals surface area (Å²) in [6.45, 7) is 4.47. The van der Waals surface area contributed by atoms with E-state index in [0.29, 0.717) is 19.6 Å². The minimum Gasteiger partial charge on any atom is -0.346 e. The fraction of sp³-hybridized carbons (Fsp3) is 0.625. The van der Waals surface area contributed by atoms with Crippen molar-refractivity contribution < 1.29 is 14.3 Å². The van der Waals surface area contributed by atoms with Crippen molar-refractivity contribution in [1.29, 1.82) is 0 Å². The molecule has 1 heterocycles. The first kappa shape index (κ1) is 8.43. The van der Waals surface area contributed by atoms with Crippen LogP contribution in [0.15, 0.2) is 12.7 Å². The van der Waals surface area contributed by atoms with Gasteiger partial charge in [-0.25, -0.2) is 0 Å². The molecule has 0 aromatic carbocycles. The summed E-state index contributed by atoms with van der Waals surface area (Å²) in [4.78, 5) is 11.0. The van der Waals surface area contributed by atoms with Crippen LogP contribution in [0, 0.1) is 0 Å². The first-order chi connectivity index (χ1) is 5.34. The molecule has 0 saturated carbocycles. The van der Waals surface area contributed by atoms with E-state index in [1.165, 1.54) is 0 Å². The maximum absolute atomic E-state index is 11.0. The second-order valence-corrected chi connectivity index (χ2v) is 2.39. The van der Waals surface area contributed by atoms with Crippen LogP contribution in [0.3, 0.4) is 0 Å². The highest BCUT2D eigenvalue weighted by molar-refractivity contribution is 5.82. The first-order valence-electron chi connectivity index (χ1n) is 3.71. The van der Waals surface area contributed by atoms with Gasteiger partial charge >= 0.3 is 0 Å². The zero-order valence-electron chi connectivity index (χ0n) is 6.41. The summed E-state index contributed by atoms with van der Waals surface area (Å²) in [7, 11) is 0. The van der Waals surface area contributed by atoms with E-state index in [1.54, 1.807) is 6.08 Å². The van der Waals surface area contributed by atoms with Crippen molar-refractivity contribution in [3.8, 4) is 0 Å². The van der Waals surface area contributed by atoms with Gasteiger partial charge in [-0.1, -0.05) is 6.08 Å². The molecule has 0 N–H and O–H groups in total. The van der Waals surface area contributed by atoms with Gasteiger partial charge < -0.3 is 9.47 Å². The van der Waals surface area contributed by atoms with Crippen molar-refractivity contribution in [3.63, 3.8) is 0 Å². The van der Waals surface area contributed by atoms with E-state index in [1.807, 2.05) is 0 Å². The van der Waals surface area contributed by atoms with Crippen molar-refractivity contribution in [2.24, 2.45) is 0 Å². The molecule has 1 aliphatic rings. The normalized spacial score (nSPS) is 25.1. The molecule has 0 amide bonds. The van der Waals surface area contributed by atoms with E-state index >= 15 is 0 Å². The average molecular weight is 156 g/mol. The topological polar surface area (TPSA) is 35.5 Å². The van der Waals surface area contributed by atoms with Crippen LogP contribution < -0.4 is 0 Å². The summed E-state index contributed by atoms with van der Waals surface area (Å²) in [5.74, 6) is 0.0399. The molecule has 1 unspecified atom stereocenters. The summed E-state index contributed by atoms with van der Waals surface area (Å²) >= 11 is 0. The standard InChI is InChI=1S/C8H12O3/c1-2-5-10-8-7(9)4-3-6-11-8/h2,8H,1,3-6H2. The highest BCUT2D eigenvalue weighted by Crippen LogP contribution is 2.09. The van der Waals surface area contributed by atoms with Gasteiger partial charge in [0, 0.05) is 6.42 Å². The predicted octanol–water partition coefficient (Wildman–Crippen LogP) is 0.895. The van der Waals surface area contributed by atoms with Crippen LogP contribution in [-0.4, -0.2) is 25.3 Å².